The Morgan fingerprint density at radius 3 is 2.40 bits per heavy atom. The Morgan fingerprint density at radius 1 is 1.20 bits per heavy atom. The first-order valence-corrected chi connectivity index (χ1v) is 8.05. The normalized spacial score (nSPS) is 24.9. The molecule has 1 nitrogen and oxygen atoms in total. The second kappa shape index (κ2) is 6.91. The summed E-state index contributed by atoms with van der Waals surface area (Å²) in [6.45, 7) is 4.60. The SMILES string of the molecule is CC(C)C1CCC(C(N)Cc2cccc(Cl)c2F)CC1. The Labute approximate surface area is 126 Å². The Morgan fingerprint density at radius 2 is 1.80 bits per heavy atom. The maximum atomic E-state index is 13.9. The lowest BCUT2D eigenvalue weighted by atomic mass is 9.74. The highest BCUT2D eigenvalue weighted by atomic mass is 35.5. The van der Waals surface area contributed by atoms with Crippen LogP contribution in [0, 0.1) is 23.6 Å². The number of nitrogens with two attached hydrogens (primary N) is 1. The minimum atomic E-state index is -0.305. The van der Waals surface area contributed by atoms with Crippen LogP contribution in [0.1, 0.15) is 45.1 Å². The van der Waals surface area contributed by atoms with Crippen LogP contribution in [0.25, 0.3) is 0 Å². The van der Waals surface area contributed by atoms with Crippen molar-refractivity contribution in [3.8, 4) is 0 Å². The van der Waals surface area contributed by atoms with Gasteiger partial charge in [-0.1, -0.05) is 37.6 Å². The van der Waals surface area contributed by atoms with E-state index in [4.69, 9.17) is 17.3 Å². The van der Waals surface area contributed by atoms with Gasteiger partial charge in [0.25, 0.3) is 0 Å². The van der Waals surface area contributed by atoms with Gasteiger partial charge in [0.15, 0.2) is 0 Å². The summed E-state index contributed by atoms with van der Waals surface area (Å²) >= 11 is 5.82. The van der Waals surface area contributed by atoms with Crippen molar-refractivity contribution < 1.29 is 4.39 Å². The molecule has 3 heteroatoms. The quantitative estimate of drug-likeness (QED) is 0.848. The first kappa shape index (κ1) is 15.8. The molecule has 20 heavy (non-hydrogen) atoms. The fourth-order valence-corrected chi connectivity index (χ4v) is 3.56. The Kier molecular flexibility index (Phi) is 5.45. The predicted molar refractivity (Wildman–Crippen MR) is 83.4 cm³/mol. The summed E-state index contributed by atoms with van der Waals surface area (Å²) < 4.78 is 13.9. The molecule has 0 saturated heterocycles. The molecular formula is C17H25ClFN. The lowest BCUT2D eigenvalue weighted by molar-refractivity contribution is 0.202. The first-order chi connectivity index (χ1) is 9.49. The molecule has 0 heterocycles. The zero-order chi connectivity index (χ0) is 14.7. The standard InChI is InChI=1S/C17H25ClFN/c1-11(2)12-6-8-13(9-7-12)16(20)10-14-4-3-5-15(18)17(14)19/h3-5,11-13,16H,6-10,20H2,1-2H3. The molecule has 1 aliphatic carbocycles. The number of rotatable bonds is 4. The van der Waals surface area contributed by atoms with Crippen LogP contribution in [0.2, 0.25) is 5.02 Å². The number of hydrogen-bond acceptors (Lipinski definition) is 1. The molecule has 1 aromatic carbocycles. The largest absolute Gasteiger partial charge is 0.327 e. The van der Waals surface area contributed by atoms with E-state index in [1.165, 1.54) is 25.7 Å². The summed E-state index contributed by atoms with van der Waals surface area (Å²) in [5.41, 5.74) is 6.96. The maximum Gasteiger partial charge on any atom is 0.145 e. The molecule has 0 aromatic heterocycles. The van der Waals surface area contributed by atoms with Gasteiger partial charge in [0.1, 0.15) is 5.82 Å². The van der Waals surface area contributed by atoms with E-state index < -0.39 is 0 Å². The third kappa shape index (κ3) is 3.73. The monoisotopic (exact) mass is 297 g/mol. The van der Waals surface area contributed by atoms with Crippen molar-refractivity contribution in [2.75, 3.05) is 0 Å². The molecule has 1 aliphatic rings. The molecule has 1 unspecified atom stereocenters. The Bertz CT molecular complexity index is 439. The molecule has 1 fully saturated rings. The van der Waals surface area contributed by atoms with E-state index in [2.05, 4.69) is 13.8 Å². The van der Waals surface area contributed by atoms with E-state index in [1.54, 1.807) is 18.2 Å². The molecule has 0 spiro atoms. The topological polar surface area (TPSA) is 26.0 Å². The average molecular weight is 298 g/mol. The molecular weight excluding hydrogens is 273 g/mol. The lowest BCUT2D eigenvalue weighted by Gasteiger charge is -2.34. The van der Waals surface area contributed by atoms with Gasteiger partial charge in [0.2, 0.25) is 0 Å². The van der Waals surface area contributed by atoms with Crippen molar-refractivity contribution in [3.63, 3.8) is 0 Å². The molecule has 112 valence electrons. The highest BCUT2D eigenvalue weighted by Crippen LogP contribution is 2.35. The van der Waals surface area contributed by atoms with Gasteiger partial charge in [-0.3, -0.25) is 0 Å². The summed E-state index contributed by atoms with van der Waals surface area (Å²) in [5.74, 6) is 1.81. The molecule has 1 saturated carbocycles. The van der Waals surface area contributed by atoms with Gasteiger partial charge < -0.3 is 5.73 Å². The molecule has 0 aliphatic heterocycles. The minimum Gasteiger partial charge on any atom is -0.327 e. The van der Waals surface area contributed by atoms with E-state index in [0.29, 0.717) is 17.9 Å². The first-order valence-electron chi connectivity index (χ1n) is 7.67. The molecule has 0 amide bonds. The lowest BCUT2D eigenvalue weighted by Crippen LogP contribution is -2.35. The third-order valence-electron chi connectivity index (χ3n) is 4.85. The van der Waals surface area contributed by atoms with Gasteiger partial charge in [-0.25, -0.2) is 4.39 Å². The number of benzene rings is 1. The van der Waals surface area contributed by atoms with Crippen molar-refractivity contribution in [3.05, 3.63) is 34.6 Å². The minimum absolute atomic E-state index is 0.0380. The van der Waals surface area contributed by atoms with Crippen LogP contribution < -0.4 is 5.73 Å². The molecule has 0 radical (unpaired) electrons. The summed E-state index contributed by atoms with van der Waals surface area (Å²) in [4.78, 5) is 0. The van der Waals surface area contributed by atoms with E-state index in [9.17, 15) is 4.39 Å². The van der Waals surface area contributed by atoms with Crippen LogP contribution >= 0.6 is 11.6 Å². The van der Waals surface area contributed by atoms with Gasteiger partial charge in [-0.05, 0) is 61.5 Å². The fourth-order valence-electron chi connectivity index (χ4n) is 3.37. The van der Waals surface area contributed by atoms with Crippen molar-refractivity contribution in [1.29, 1.82) is 0 Å². The second-order valence-corrected chi connectivity index (χ2v) is 6.91. The molecule has 2 N–H and O–H groups in total. The van der Waals surface area contributed by atoms with Crippen molar-refractivity contribution >= 4 is 11.6 Å². The van der Waals surface area contributed by atoms with Crippen LogP contribution in [-0.2, 0) is 6.42 Å². The summed E-state index contributed by atoms with van der Waals surface area (Å²) in [6, 6.07) is 5.21. The average Bonchev–Trinajstić information content (AvgIpc) is 2.44. The second-order valence-electron chi connectivity index (χ2n) is 6.50. The molecule has 1 aromatic rings. The highest BCUT2D eigenvalue weighted by Gasteiger charge is 2.27. The van der Waals surface area contributed by atoms with E-state index in [1.807, 2.05) is 0 Å². The van der Waals surface area contributed by atoms with Crippen LogP contribution in [0.5, 0.6) is 0 Å². The molecule has 0 bridgehead atoms. The van der Waals surface area contributed by atoms with Gasteiger partial charge in [0, 0.05) is 6.04 Å². The van der Waals surface area contributed by atoms with Crippen LogP contribution in [0.4, 0.5) is 4.39 Å². The van der Waals surface area contributed by atoms with Gasteiger partial charge in [-0.15, -0.1) is 0 Å². The van der Waals surface area contributed by atoms with Crippen molar-refractivity contribution in [2.24, 2.45) is 23.5 Å². The van der Waals surface area contributed by atoms with Crippen molar-refractivity contribution in [1.82, 2.24) is 0 Å². The van der Waals surface area contributed by atoms with Gasteiger partial charge in [0.05, 0.1) is 5.02 Å². The Hall–Kier alpha value is -0.600. The maximum absolute atomic E-state index is 13.9. The zero-order valence-electron chi connectivity index (χ0n) is 12.4. The Balaban J connectivity index is 1.93. The summed E-state index contributed by atoms with van der Waals surface area (Å²) in [6.07, 6.45) is 5.45. The molecule has 1 atom stereocenters. The van der Waals surface area contributed by atoms with Gasteiger partial charge >= 0.3 is 0 Å². The summed E-state index contributed by atoms with van der Waals surface area (Å²) in [7, 11) is 0. The van der Waals surface area contributed by atoms with Crippen molar-refractivity contribution in [2.45, 2.75) is 52.0 Å². The van der Waals surface area contributed by atoms with Crippen LogP contribution in [0.3, 0.4) is 0 Å². The smallest absolute Gasteiger partial charge is 0.145 e. The number of hydrogen-bond donors (Lipinski definition) is 1. The zero-order valence-corrected chi connectivity index (χ0v) is 13.2. The van der Waals surface area contributed by atoms with Gasteiger partial charge in [-0.2, -0.15) is 0 Å². The summed E-state index contributed by atoms with van der Waals surface area (Å²) in [5, 5.41) is 0.193. The van der Waals surface area contributed by atoms with Crippen LogP contribution in [0.15, 0.2) is 18.2 Å². The highest BCUT2D eigenvalue weighted by molar-refractivity contribution is 6.30. The van der Waals surface area contributed by atoms with E-state index in [0.717, 1.165) is 11.8 Å². The predicted octanol–water partition coefficient (Wildman–Crippen LogP) is 4.81. The number of halogens is 2. The van der Waals surface area contributed by atoms with E-state index in [-0.39, 0.29) is 16.9 Å². The third-order valence-corrected chi connectivity index (χ3v) is 5.14. The van der Waals surface area contributed by atoms with E-state index >= 15 is 0 Å². The van der Waals surface area contributed by atoms with Crippen LogP contribution in [-0.4, -0.2) is 6.04 Å². The molecule has 2 rings (SSSR count). The fraction of sp³-hybridized carbons (Fsp3) is 0.647.